The standard InChI is InChI=1S/C6H6.CH7O3P/c1-2-4-6-5-3-1;1-5(2,3)4/h1-6H;2-5H,1H3. The molecule has 0 aliphatic heterocycles. The number of rotatable bonds is 0. The molecule has 0 radical (unpaired) electrons. The van der Waals surface area contributed by atoms with Gasteiger partial charge in [-0.2, -0.15) is 0 Å². The van der Waals surface area contributed by atoms with Crippen LogP contribution in [0.2, 0.25) is 0 Å². The second kappa shape index (κ2) is 5.22. The van der Waals surface area contributed by atoms with E-state index in [0.717, 1.165) is 6.66 Å². The SMILES string of the molecule is C[PH](O)(O)O.c1ccccc1. The van der Waals surface area contributed by atoms with Crippen molar-refractivity contribution >= 4 is 7.94 Å². The maximum atomic E-state index is 7.77. The molecular weight excluding hydrogens is 163 g/mol. The van der Waals surface area contributed by atoms with Gasteiger partial charge in [0.15, 0.2) is 0 Å². The van der Waals surface area contributed by atoms with Crippen LogP contribution in [0.15, 0.2) is 36.4 Å². The first-order chi connectivity index (χ1) is 5.00. The van der Waals surface area contributed by atoms with E-state index in [-0.39, 0.29) is 0 Å². The minimum atomic E-state index is -3.61. The van der Waals surface area contributed by atoms with E-state index >= 15 is 0 Å². The molecule has 0 spiro atoms. The van der Waals surface area contributed by atoms with Crippen LogP contribution in [0.3, 0.4) is 0 Å². The Morgan fingerprint density at radius 2 is 0.818 bits per heavy atom. The van der Waals surface area contributed by atoms with Gasteiger partial charge in [0, 0.05) is 0 Å². The van der Waals surface area contributed by atoms with Gasteiger partial charge in [0.05, 0.1) is 0 Å². The van der Waals surface area contributed by atoms with E-state index in [0.29, 0.717) is 0 Å². The summed E-state index contributed by atoms with van der Waals surface area (Å²) in [5, 5.41) is 0. The van der Waals surface area contributed by atoms with Crippen LogP contribution in [0.25, 0.3) is 0 Å². The first kappa shape index (κ1) is 10.5. The van der Waals surface area contributed by atoms with Crippen molar-refractivity contribution in [2.75, 3.05) is 6.66 Å². The summed E-state index contributed by atoms with van der Waals surface area (Å²) in [6.07, 6.45) is 0. The molecule has 0 aliphatic rings. The molecule has 1 rings (SSSR count). The Balaban J connectivity index is 0.000000187. The molecule has 0 amide bonds. The van der Waals surface area contributed by atoms with Crippen LogP contribution in [0.4, 0.5) is 0 Å². The molecule has 0 saturated carbocycles. The molecule has 3 nitrogen and oxygen atoms in total. The summed E-state index contributed by atoms with van der Waals surface area (Å²) in [6.45, 7) is 0.993. The van der Waals surface area contributed by atoms with E-state index in [1.165, 1.54) is 0 Å². The predicted octanol–water partition coefficient (Wildman–Crippen LogP) is 0.775. The number of hydrogen-bond donors (Lipinski definition) is 3. The Morgan fingerprint density at radius 3 is 0.909 bits per heavy atom. The molecule has 0 heterocycles. The van der Waals surface area contributed by atoms with E-state index in [9.17, 15) is 0 Å². The maximum absolute atomic E-state index is 7.77. The van der Waals surface area contributed by atoms with E-state index < -0.39 is 7.94 Å². The summed E-state index contributed by atoms with van der Waals surface area (Å²) in [6, 6.07) is 12.0. The largest absolute Gasteiger partial charge is 0.0623 e. The number of hydrogen-bond acceptors (Lipinski definition) is 3. The zero-order chi connectivity index (χ0) is 8.74. The van der Waals surface area contributed by atoms with Crippen molar-refractivity contribution in [2.45, 2.75) is 0 Å². The minimum Gasteiger partial charge on any atom is -0.0623 e. The Bertz CT molecular complexity index is 138. The number of benzene rings is 1. The van der Waals surface area contributed by atoms with Crippen LogP contribution in [0, 0.1) is 0 Å². The van der Waals surface area contributed by atoms with Crippen LogP contribution in [0.1, 0.15) is 0 Å². The summed E-state index contributed by atoms with van der Waals surface area (Å²) in [5.41, 5.74) is 0. The normalized spacial score (nSPS) is 11.3. The summed E-state index contributed by atoms with van der Waals surface area (Å²) in [5.74, 6) is 0. The van der Waals surface area contributed by atoms with Gasteiger partial charge in [-0.05, 0) is 0 Å². The van der Waals surface area contributed by atoms with Gasteiger partial charge in [-0.15, -0.1) is 0 Å². The van der Waals surface area contributed by atoms with E-state index in [1.54, 1.807) is 0 Å². The van der Waals surface area contributed by atoms with Crippen molar-refractivity contribution in [3.63, 3.8) is 0 Å². The molecule has 0 unspecified atom stereocenters. The fourth-order valence-corrected chi connectivity index (χ4v) is 0.385. The Labute approximate surface area is 66.5 Å². The molecule has 64 valence electrons. The molecule has 0 aromatic heterocycles. The first-order valence-electron chi connectivity index (χ1n) is 3.17. The van der Waals surface area contributed by atoms with Gasteiger partial charge in [-0.25, -0.2) is 0 Å². The van der Waals surface area contributed by atoms with E-state index in [4.69, 9.17) is 14.7 Å². The molecule has 4 heteroatoms. The molecule has 0 atom stereocenters. The van der Waals surface area contributed by atoms with Gasteiger partial charge in [-0.3, -0.25) is 0 Å². The molecule has 1 aromatic carbocycles. The second-order valence-corrected chi connectivity index (χ2v) is 4.07. The van der Waals surface area contributed by atoms with Gasteiger partial charge in [0.2, 0.25) is 0 Å². The van der Waals surface area contributed by atoms with Gasteiger partial charge in [0.25, 0.3) is 0 Å². The average molecular weight is 176 g/mol. The van der Waals surface area contributed by atoms with Gasteiger partial charge < -0.3 is 0 Å². The fraction of sp³-hybridized carbons (Fsp3) is 0.143. The Kier molecular flexibility index (Phi) is 4.99. The third-order valence-electron chi connectivity index (χ3n) is 0.667. The third-order valence-corrected chi connectivity index (χ3v) is 0.667. The molecule has 0 aliphatic carbocycles. The predicted molar refractivity (Wildman–Crippen MR) is 47.3 cm³/mol. The molecule has 0 bridgehead atoms. The smallest absolute Gasteiger partial charge is 0.0623 e. The summed E-state index contributed by atoms with van der Waals surface area (Å²) < 4.78 is 0. The van der Waals surface area contributed by atoms with Gasteiger partial charge >= 0.3 is 29.3 Å². The van der Waals surface area contributed by atoms with E-state index in [1.807, 2.05) is 36.4 Å². The molecule has 11 heavy (non-hydrogen) atoms. The summed E-state index contributed by atoms with van der Waals surface area (Å²) in [7, 11) is -3.61. The monoisotopic (exact) mass is 176 g/mol. The first-order valence-corrected chi connectivity index (χ1v) is 5.51. The third kappa shape index (κ3) is 17.7. The Hall–Kier alpha value is -0.470. The van der Waals surface area contributed by atoms with Crippen molar-refractivity contribution in [3.05, 3.63) is 36.4 Å². The zero-order valence-corrected chi connectivity index (χ0v) is 7.31. The Morgan fingerprint density at radius 1 is 0.727 bits per heavy atom. The summed E-state index contributed by atoms with van der Waals surface area (Å²) in [4.78, 5) is 23.3. The van der Waals surface area contributed by atoms with Gasteiger partial charge in [-0.1, -0.05) is 36.4 Å². The van der Waals surface area contributed by atoms with Crippen molar-refractivity contribution in [3.8, 4) is 0 Å². The molecule has 0 fully saturated rings. The minimum absolute atomic E-state index is 0.993. The van der Waals surface area contributed by atoms with Crippen LogP contribution < -0.4 is 0 Å². The molecule has 3 N–H and O–H groups in total. The average Bonchev–Trinajstić information content (AvgIpc) is 1.88. The zero-order valence-electron chi connectivity index (χ0n) is 6.31. The molecule has 0 saturated heterocycles. The van der Waals surface area contributed by atoms with Crippen molar-refractivity contribution < 1.29 is 14.7 Å². The van der Waals surface area contributed by atoms with Crippen molar-refractivity contribution in [2.24, 2.45) is 0 Å². The van der Waals surface area contributed by atoms with Gasteiger partial charge in [0.1, 0.15) is 0 Å². The quantitative estimate of drug-likeness (QED) is 0.512. The fourth-order valence-electron chi connectivity index (χ4n) is 0.385. The molecule has 1 aromatic rings. The van der Waals surface area contributed by atoms with Crippen LogP contribution in [0.5, 0.6) is 0 Å². The topological polar surface area (TPSA) is 60.7 Å². The van der Waals surface area contributed by atoms with Crippen molar-refractivity contribution in [1.82, 2.24) is 0 Å². The van der Waals surface area contributed by atoms with Crippen LogP contribution >= 0.6 is 7.94 Å². The van der Waals surface area contributed by atoms with Crippen LogP contribution in [-0.2, 0) is 0 Å². The van der Waals surface area contributed by atoms with Crippen molar-refractivity contribution in [1.29, 1.82) is 0 Å². The van der Waals surface area contributed by atoms with E-state index in [2.05, 4.69) is 0 Å². The molecular formula is C7H13O3P. The van der Waals surface area contributed by atoms with Crippen LogP contribution in [-0.4, -0.2) is 21.3 Å². The maximum Gasteiger partial charge on any atom is -0.0623 e. The second-order valence-electron chi connectivity index (χ2n) is 2.13. The summed E-state index contributed by atoms with van der Waals surface area (Å²) >= 11 is 0.